The van der Waals surface area contributed by atoms with Crippen LogP contribution in [-0.2, 0) is 10.0 Å². The summed E-state index contributed by atoms with van der Waals surface area (Å²) < 4.78 is 89.2. The summed E-state index contributed by atoms with van der Waals surface area (Å²) in [5.41, 5.74) is -3.07. The van der Waals surface area contributed by atoms with Gasteiger partial charge in [0.1, 0.15) is 29.7 Å². The van der Waals surface area contributed by atoms with E-state index in [2.05, 4.69) is 4.74 Å². The lowest BCUT2D eigenvalue weighted by atomic mass is 10.0. The van der Waals surface area contributed by atoms with Crippen molar-refractivity contribution in [3.8, 4) is 23.6 Å². The number of sulfonamides is 1. The molecule has 1 fully saturated rings. The second-order valence-corrected chi connectivity index (χ2v) is 9.47. The maximum atomic E-state index is 14.2. The van der Waals surface area contributed by atoms with Crippen LogP contribution in [0, 0.1) is 28.5 Å². The number of nitrogens with zero attached hydrogens (tertiary/aromatic N) is 3. The third-order valence-electron chi connectivity index (χ3n) is 5.13. The average Bonchev–Trinajstić information content (AvgIpc) is 3.15. The fourth-order valence-corrected chi connectivity index (χ4v) is 5.02. The van der Waals surface area contributed by atoms with E-state index in [0.717, 1.165) is 4.31 Å². The zero-order valence-corrected chi connectivity index (χ0v) is 18.5. The van der Waals surface area contributed by atoms with Gasteiger partial charge in [-0.1, -0.05) is 12.1 Å². The Morgan fingerprint density at radius 2 is 1.80 bits per heavy atom. The van der Waals surface area contributed by atoms with Gasteiger partial charge in [0.2, 0.25) is 10.0 Å². The Kier molecular flexibility index (Phi) is 7.23. The molecule has 0 aromatic heterocycles. The summed E-state index contributed by atoms with van der Waals surface area (Å²) in [5.74, 6) is -2.50. The highest BCUT2D eigenvalue weighted by Gasteiger charge is 2.51. The van der Waals surface area contributed by atoms with Crippen molar-refractivity contribution in [1.29, 1.82) is 10.5 Å². The number of nitriles is 2. The van der Waals surface area contributed by atoms with E-state index in [9.17, 15) is 41.5 Å². The van der Waals surface area contributed by atoms with Crippen LogP contribution in [0.2, 0.25) is 0 Å². The van der Waals surface area contributed by atoms with Gasteiger partial charge in [0, 0.05) is 18.7 Å². The van der Waals surface area contributed by atoms with E-state index in [1.165, 1.54) is 30.3 Å². The number of alkyl halides is 3. The van der Waals surface area contributed by atoms with Gasteiger partial charge in [0.25, 0.3) is 0 Å². The molecular weight excluding hydrogens is 498 g/mol. The summed E-state index contributed by atoms with van der Waals surface area (Å²) in [6, 6.07) is 9.65. The monoisotopic (exact) mass is 515 g/mol. The Morgan fingerprint density at radius 1 is 1.14 bits per heavy atom. The molecule has 1 aliphatic rings. The Labute approximate surface area is 197 Å². The van der Waals surface area contributed by atoms with Crippen molar-refractivity contribution in [1.82, 2.24) is 4.31 Å². The van der Waals surface area contributed by atoms with Gasteiger partial charge in [-0.3, -0.25) is 0 Å². The number of benzene rings is 2. The van der Waals surface area contributed by atoms with E-state index in [4.69, 9.17) is 10.00 Å². The minimum atomic E-state index is -4.78. The van der Waals surface area contributed by atoms with Gasteiger partial charge in [-0.25, -0.2) is 12.8 Å². The number of aliphatic hydroxyl groups is 2. The van der Waals surface area contributed by atoms with Crippen LogP contribution in [0.15, 0.2) is 41.3 Å². The summed E-state index contributed by atoms with van der Waals surface area (Å²) in [6.07, 6.45) is -6.37. The van der Waals surface area contributed by atoms with Crippen molar-refractivity contribution in [3.63, 3.8) is 0 Å². The Bertz CT molecular complexity index is 1310. The molecule has 2 aromatic carbocycles. The molecule has 0 spiro atoms. The number of halogens is 4. The van der Waals surface area contributed by atoms with Crippen LogP contribution in [0.3, 0.4) is 0 Å². The highest BCUT2D eigenvalue weighted by Crippen LogP contribution is 2.37. The van der Waals surface area contributed by atoms with Crippen LogP contribution in [-0.4, -0.2) is 67.1 Å². The third-order valence-corrected chi connectivity index (χ3v) is 7.00. The van der Waals surface area contributed by atoms with Crippen LogP contribution in [0.1, 0.15) is 11.1 Å². The quantitative estimate of drug-likeness (QED) is 0.530. The molecule has 0 bridgehead atoms. The molecular formula is C21H17F4N3O6S. The molecule has 186 valence electrons. The molecule has 1 aliphatic heterocycles. The normalized spacial score (nSPS) is 20.7. The second kappa shape index (κ2) is 9.67. The SMILES string of the molecule is N#Cc1cc(OCC(F)(F)F)c(O[C@H]2CN(S(=O)(=O)c3ccccc3C#N)C[C@@]2(O)CO)cc1F. The zero-order chi connectivity index (χ0) is 26.0. The van der Waals surface area contributed by atoms with Crippen LogP contribution in [0.5, 0.6) is 11.5 Å². The number of hydrogen-bond acceptors (Lipinski definition) is 8. The van der Waals surface area contributed by atoms with Gasteiger partial charge in [-0.05, 0) is 12.1 Å². The van der Waals surface area contributed by atoms with Gasteiger partial charge in [0.05, 0.1) is 29.2 Å². The summed E-state index contributed by atoms with van der Waals surface area (Å²) in [6.45, 7) is -4.14. The summed E-state index contributed by atoms with van der Waals surface area (Å²) in [7, 11) is -4.38. The summed E-state index contributed by atoms with van der Waals surface area (Å²) in [4.78, 5) is -0.373. The smallest absolute Gasteiger partial charge is 0.422 e. The van der Waals surface area contributed by atoms with Gasteiger partial charge < -0.3 is 19.7 Å². The highest BCUT2D eigenvalue weighted by atomic mass is 32.2. The first-order valence-electron chi connectivity index (χ1n) is 9.77. The van der Waals surface area contributed by atoms with Gasteiger partial charge in [-0.15, -0.1) is 0 Å². The average molecular weight is 515 g/mol. The van der Waals surface area contributed by atoms with Crippen molar-refractivity contribution in [2.75, 3.05) is 26.3 Å². The van der Waals surface area contributed by atoms with E-state index >= 15 is 0 Å². The first kappa shape index (κ1) is 26.2. The van der Waals surface area contributed by atoms with Crippen molar-refractivity contribution >= 4 is 10.0 Å². The van der Waals surface area contributed by atoms with Crippen molar-refractivity contribution in [2.45, 2.75) is 22.8 Å². The molecule has 0 amide bonds. The Hall–Kier alpha value is -3.43. The second-order valence-electron chi connectivity index (χ2n) is 7.57. The molecule has 0 radical (unpaired) electrons. The predicted molar refractivity (Wildman–Crippen MR) is 109 cm³/mol. The molecule has 35 heavy (non-hydrogen) atoms. The van der Waals surface area contributed by atoms with Crippen molar-refractivity contribution < 1.29 is 45.7 Å². The largest absolute Gasteiger partial charge is 0.482 e. The van der Waals surface area contributed by atoms with E-state index < -0.39 is 77.1 Å². The maximum absolute atomic E-state index is 14.2. The molecule has 2 atom stereocenters. The van der Waals surface area contributed by atoms with E-state index in [1.54, 1.807) is 6.07 Å². The number of hydrogen-bond donors (Lipinski definition) is 2. The lowest BCUT2D eigenvalue weighted by molar-refractivity contribution is -0.153. The molecule has 14 heteroatoms. The molecule has 2 N–H and O–H groups in total. The van der Waals surface area contributed by atoms with Crippen molar-refractivity contribution in [2.24, 2.45) is 0 Å². The first-order valence-corrected chi connectivity index (χ1v) is 11.2. The molecule has 0 aliphatic carbocycles. The third kappa shape index (κ3) is 5.47. The van der Waals surface area contributed by atoms with Crippen LogP contribution in [0.25, 0.3) is 0 Å². The molecule has 3 rings (SSSR count). The standard InChI is InChI=1S/C21H17F4N3O6S/c22-15-6-17(16(5-14(15)8-27)33-12-21(23,24)25)34-19-9-28(10-20(19,30)11-29)35(31,32)18-4-2-1-3-13(18)7-26/h1-6,19,29-30H,9-12H2/t19-,20+/m0/s1. The molecule has 1 heterocycles. The number of aliphatic hydroxyl groups excluding tert-OH is 1. The van der Waals surface area contributed by atoms with E-state index in [0.29, 0.717) is 12.1 Å². The zero-order valence-electron chi connectivity index (χ0n) is 17.7. The maximum Gasteiger partial charge on any atom is 0.422 e. The molecule has 0 unspecified atom stereocenters. The summed E-state index contributed by atoms with van der Waals surface area (Å²) in [5, 5.41) is 38.8. The summed E-state index contributed by atoms with van der Waals surface area (Å²) >= 11 is 0. The Morgan fingerprint density at radius 3 is 2.40 bits per heavy atom. The minimum Gasteiger partial charge on any atom is -0.482 e. The van der Waals surface area contributed by atoms with E-state index in [1.807, 2.05) is 0 Å². The molecule has 1 saturated heterocycles. The predicted octanol–water partition coefficient (Wildman–Crippen LogP) is 1.69. The van der Waals surface area contributed by atoms with Gasteiger partial charge >= 0.3 is 6.18 Å². The van der Waals surface area contributed by atoms with Crippen LogP contribution in [0.4, 0.5) is 17.6 Å². The fourth-order valence-electron chi connectivity index (χ4n) is 3.37. The van der Waals surface area contributed by atoms with Crippen LogP contribution < -0.4 is 9.47 Å². The number of rotatable bonds is 7. The fraction of sp³-hybridized carbons (Fsp3) is 0.333. The molecule has 9 nitrogen and oxygen atoms in total. The first-order chi connectivity index (χ1) is 16.3. The van der Waals surface area contributed by atoms with E-state index in [-0.39, 0.29) is 10.5 Å². The topological polar surface area (TPSA) is 144 Å². The van der Waals surface area contributed by atoms with Gasteiger partial charge in [-0.2, -0.15) is 28.0 Å². The lowest BCUT2D eigenvalue weighted by Gasteiger charge is -2.28. The molecule has 0 saturated carbocycles. The van der Waals surface area contributed by atoms with Crippen LogP contribution >= 0.6 is 0 Å². The van der Waals surface area contributed by atoms with Gasteiger partial charge in [0.15, 0.2) is 18.1 Å². The number of ether oxygens (including phenoxy) is 2. The van der Waals surface area contributed by atoms with Crippen molar-refractivity contribution in [3.05, 3.63) is 53.3 Å². The Balaban J connectivity index is 1.96. The number of β-amino-alcohol motifs (C(OH)–C–C–N with tert-alkyl or cyclic N) is 1. The highest BCUT2D eigenvalue weighted by molar-refractivity contribution is 7.89. The minimum absolute atomic E-state index is 0.179. The lowest BCUT2D eigenvalue weighted by Crippen LogP contribution is -2.48. The molecule has 2 aromatic rings.